The van der Waals surface area contributed by atoms with Crippen LogP contribution < -0.4 is 22.1 Å². The minimum absolute atomic E-state index is 0.124. The third-order valence-corrected chi connectivity index (χ3v) is 1.60. The van der Waals surface area contributed by atoms with Gasteiger partial charge in [0.2, 0.25) is 0 Å². The highest BCUT2D eigenvalue weighted by molar-refractivity contribution is 5.92. The molecule has 3 amide bonds. The maximum atomic E-state index is 11.4. The number of nitrogens with two attached hydrogens (primary N) is 2. The third-order valence-electron chi connectivity index (χ3n) is 1.60. The van der Waals surface area contributed by atoms with Crippen molar-refractivity contribution in [3.63, 3.8) is 0 Å². The number of nitrogen functional groups attached to an aromatic ring is 1. The molecule has 86 valence electrons. The zero-order valence-corrected chi connectivity index (χ0v) is 8.43. The summed E-state index contributed by atoms with van der Waals surface area (Å²) in [5, 5.41) is 4.84. The van der Waals surface area contributed by atoms with Crippen LogP contribution in [-0.2, 0) is 0 Å². The Morgan fingerprint density at radius 3 is 2.56 bits per heavy atom. The van der Waals surface area contributed by atoms with Gasteiger partial charge in [0.15, 0.2) is 0 Å². The second-order valence-electron chi connectivity index (χ2n) is 2.88. The molecule has 0 aliphatic rings. The second kappa shape index (κ2) is 5.49. The fourth-order valence-electron chi connectivity index (χ4n) is 0.943. The van der Waals surface area contributed by atoms with Crippen LogP contribution in [0.2, 0.25) is 0 Å². The molecule has 0 aromatic carbocycles. The molecule has 0 aliphatic heterocycles. The molecule has 1 aromatic rings. The van der Waals surface area contributed by atoms with Crippen LogP contribution in [-0.4, -0.2) is 35.0 Å². The molecule has 0 spiro atoms. The Bertz CT molecular complexity index is 394. The molecular formula is C8H12N6O2. The van der Waals surface area contributed by atoms with Crippen LogP contribution in [0, 0.1) is 0 Å². The van der Waals surface area contributed by atoms with E-state index in [2.05, 4.69) is 20.6 Å². The minimum Gasteiger partial charge on any atom is -0.382 e. The zero-order chi connectivity index (χ0) is 12.0. The number of nitrogens with zero attached hydrogens (tertiary/aromatic N) is 2. The normalized spacial score (nSPS) is 9.50. The van der Waals surface area contributed by atoms with E-state index < -0.39 is 11.9 Å². The molecule has 0 saturated carbocycles. The molecule has 8 nitrogen and oxygen atoms in total. The molecule has 0 aliphatic carbocycles. The Kier molecular flexibility index (Phi) is 4.01. The number of hydrogen-bond acceptors (Lipinski definition) is 5. The van der Waals surface area contributed by atoms with E-state index in [-0.39, 0.29) is 24.6 Å². The summed E-state index contributed by atoms with van der Waals surface area (Å²) in [6.07, 6.45) is 2.64. The van der Waals surface area contributed by atoms with Gasteiger partial charge in [-0.1, -0.05) is 0 Å². The molecule has 16 heavy (non-hydrogen) atoms. The monoisotopic (exact) mass is 224 g/mol. The van der Waals surface area contributed by atoms with E-state index >= 15 is 0 Å². The minimum atomic E-state index is -0.641. The van der Waals surface area contributed by atoms with Gasteiger partial charge in [-0.25, -0.2) is 9.78 Å². The van der Waals surface area contributed by atoms with E-state index in [0.717, 1.165) is 0 Å². The summed E-state index contributed by atoms with van der Waals surface area (Å²) in [7, 11) is 0. The molecule has 0 radical (unpaired) electrons. The first-order chi connectivity index (χ1) is 7.59. The van der Waals surface area contributed by atoms with Crippen LogP contribution in [0.25, 0.3) is 0 Å². The first-order valence-electron chi connectivity index (χ1n) is 4.48. The van der Waals surface area contributed by atoms with E-state index in [1.807, 2.05) is 0 Å². The summed E-state index contributed by atoms with van der Waals surface area (Å²) < 4.78 is 0. The van der Waals surface area contributed by atoms with Crippen molar-refractivity contribution in [1.82, 2.24) is 20.6 Å². The number of amides is 3. The number of aromatic nitrogens is 2. The smallest absolute Gasteiger partial charge is 0.312 e. The summed E-state index contributed by atoms with van der Waals surface area (Å²) in [5.74, 6) is -0.242. The maximum Gasteiger partial charge on any atom is 0.312 e. The number of urea groups is 1. The lowest BCUT2D eigenvalue weighted by Gasteiger charge is -2.04. The highest BCUT2D eigenvalue weighted by Crippen LogP contribution is 1.96. The lowest BCUT2D eigenvalue weighted by atomic mass is 10.4. The Morgan fingerprint density at radius 1 is 1.25 bits per heavy atom. The van der Waals surface area contributed by atoms with Gasteiger partial charge in [0.1, 0.15) is 11.5 Å². The largest absolute Gasteiger partial charge is 0.382 e. The van der Waals surface area contributed by atoms with E-state index in [9.17, 15) is 9.59 Å². The number of nitrogens with one attached hydrogen (secondary N) is 2. The predicted octanol–water partition coefficient (Wildman–Crippen LogP) is -1.54. The predicted molar refractivity (Wildman–Crippen MR) is 56.4 cm³/mol. The van der Waals surface area contributed by atoms with Gasteiger partial charge in [-0.3, -0.25) is 9.78 Å². The Balaban J connectivity index is 2.38. The van der Waals surface area contributed by atoms with E-state index in [0.29, 0.717) is 0 Å². The Labute approximate surface area is 91.4 Å². The topological polar surface area (TPSA) is 136 Å². The summed E-state index contributed by atoms with van der Waals surface area (Å²) in [5.41, 5.74) is 10.3. The number of primary amides is 1. The quantitative estimate of drug-likeness (QED) is 0.459. The lowest BCUT2D eigenvalue weighted by molar-refractivity contribution is 0.0948. The lowest BCUT2D eigenvalue weighted by Crippen LogP contribution is -2.37. The highest BCUT2D eigenvalue weighted by atomic mass is 16.2. The Hall–Kier alpha value is -2.38. The van der Waals surface area contributed by atoms with Gasteiger partial charge in [0, 0.05) is 13.1 Å². The van der Waals surface area contributed by atoms with Gasteiger partial charge in [0.05, 0.1) is 12.4 Å². The summed E-state index contributed by atoms with van der Waals surface area (Å²) in [4.78, 5) is 29.2. The van der Waals surface area contributed by atoms with Crippen molar-refractivity contribution in [2.75, 3.05) is 18.8 Å². The van der Waals surface area contributed by atoms with Crippen molar-refractivity contribution in [3.05, 3.63) is 18.1 Å². The molecule has 0 unspecified atom stereocenters. The van der Waals surface area contributed by atoms with Crippen LogP contribution in [0.15, 0.2) is 12.4 Å². The van der Waals surface area contributed by atoms with Gasteiger partial charge in [-0.15, -0.1) is 0 Å². The van der Waals surface area contributed by atoms with Crippen molar-refractivity contribution in [1.29, 1.82) is 0 Å². The maximum absolute atomic E-state index is 11.4. The molecule has 6 N–H and O–H groups in total. The molecule has 1 rings (SSSR count). The number of rotatable bonds is 4. The average Bonchev–Trinajstić information content (AvgIpc) is 2.24. The first kappa shape index (κ1) is 11.7. The van der Waals surface area contributed by atoms with Crippen molar-refractivity contribution in [2.45, 2.75) is 0 Å². The van der Waals surface area contributed by atoms with Crippen LogP contribution >= 0.6 is 0 Å². The third kappa shape index (κ3) is 3.78. The fourth-order valence-corrected chi connectivity index (χ4v) is 0.943. The summed E-state index contributed by atoms with van der Waals surface area (Å²) >= 11 is 0. The molecule has 0 saturated heterocycles. The SMILES string of the molecule is NC(=O)NCCNC(=O)c1cncc(N)n1. The van der Waals surface area contributed by atoms with Crippen LogP contribution in [0.5, 0.6) is 0 Å². The molecule has 0 fully saturated rings. The number of anilines is 1. The highest BCUT2D eigenvalue weighted by Gasteiger charge is 2.06. The van der Waals surface area contributed by atoms with Gasteiger partial charge >= 0.3 is 6.03 Å². The van der Waals surface area contributed by atoms with Crippen molar-refractivity contribution < 1.29 is 9.59 Å². The number of carbonyl (C=O) groups is 2. The van der Waals surface area contributed by atoms with Gasteiger partial charge in [0.25, 0.3) is 5.91 Å². The molecule has 1 aromatic heterocycles. The standard InChI is InChI=1S/C8H12N6O2/c9-6-4-11-3-5(14-6)7(15)12-1-2-13-8(10)16/h3-4H,1-2H2,(H2,9,14)(H,12,15)(H3,10,13,16). The first-order valence-corrected chi connectivity index (χ1v) is 4.48. The second-order valence-corrected chi connectivity index (χ2v) is 2.88. The van der Waals surface area contributed by atoms with Gasteiger partial charge in [-0.2, -0.15) is 0 Å². The fraction of sp³-hybridized carbons (Fsp3) is 0.250. The number of hydrogen-bond donors (Lipinski definition) is 4. The van der Waals surface area contributed by atoms with Gasteiger partial charge in [-0.05, 0) is 0 Å². The zero-order valence-electron chi connectivity index (χ0n) is 8.43. The average molecular weight is 224 g/mol. The van der Waals surface area contributed by atoms with Crippen LogP contribution in [0.3, 0.4) is 0 Å². The van der Waals surface area contributed by atoms with Crippen molar-refractivity contribution >= 4 is 17.8 Å². The number of carbonyl (C=O) groups excluding carboxylic acids is 2. The Morgan fingerprint density at radius 2 is 1.94 bits per heavy atom. The van der Waals surface area contributed by atoms with Crippen LogP contribution in [0.4, 0.5) is 10.6 Å². The van der Waals surface area contributed by atoms with E-state index in [1.165, 1.54) is 12.4 Å². The van der Waals surface area contributed by atoms with E-state index in [1.54, 1.807) is 0 Å². The van der Waals surface area contributed by atoms with E-state index in [4.69, 9.17) is 11.5 Å². The van der Waals surface area contributed by atoms with Crippen molar-refractivity contribution in [2.24, 2.45) is 5.73 Å². The molecule has 8 heteroatoms. The summed E-state index contributed by atoms with van der Waals surface area (Å²) in [6, 6.07) is -0.641. The van der Waals surface area contributed by atoms with Crippen LogP contribution in [0.1, 0.15) is 10.5 Å². The summed E-state index contributed by atoms with van der Waals surface area (Å²) in [6.45, 7) is 0.495. The van der Waals surface area contributed by atoms with Crippen molar-refractivity contribution in [3.8, 4) is 0 Å². The molecule has 1 heterocycles. The molecule has 0 bridgehead atoms. The van der Waals surface area contributed by atoms with Gasteiger partial charge < -0.3 is 22.1 Å². The molecule has 0 atom stereocenters. The molecular weight excluding hydrogens is 212 g/mol.